The topological polar surface area (TPSA) is 53.9 Å². The average molecular weight is 347 g/mol. The fourth-order valence-corrected chi connectivity index (χ4v) is 2.78. The second kappa shape index (κ2) is 8.94. The zero-order valence-corrected chi connectivity index (χ0v) is 15.3. The Morgan fingerprint density at radius 2 is 1.58 bits per heavy atom. The summed E-state index contributed by atoms with van der Waals surface area (Å²) in [6, 6.07) is 21.1. The third-order valence-electron chi connectivity index (χ3n) is 4.20. The van der Waals surface area contributed by atoms with Gasteiger partial charge in [-0.1, -0.05) is 60.7 Å². The van der Waals surface area contributed by atoms with Crippen LogP contribution in [0.3, 0.4) is 0 Å². The molecule has 0 unspecified atom stereocenters. The molecule has 1 aromatic heterocycles. The van der Waals surface area contributed by atoms with Crippen molar-refractivity contribution in [2.75, 3.05) is 16.8 Å². The van der Waals surface area contributed by atoms with Gasteiger partial charge in [0, 0.05) is 19.1 Å². The van der Waals surface area contributed by atoms with E-state index in [2.05, 4.69) is 87.8 Å². The van der Waals surface area contributed by atoms with E-state index < -0.39 is 0 Å². The largest absolute Gasteiger partial charge is 0.353 e. The lowest BCUT2D eigenvalue weighted by atomic mass is 10.1. The molecule has 0 aliphatic carbocycles. The normalized spacial score (nSPS) is 10.7. The number of hydrogen-bond donors (Lipinski definition) is 1. The first-order valence-corrected chi connectivity index (χ1v) is 9.00. The zero-order valence-electron chi connectivity index (χ0n) is 15.3. The molecule has 1 heterocycles. The summed E-state index contributed by atoms with van der Waals surface area (Å²) in [4.78, 5) is 6.89. The minimum Gasteiger partial charge on any atom is -0.353 e. The van der Waals surface area contributed by atoms with Crippen LogP contribution in [0, 0.1) is 0 Å². The van der Waals surface area contributed by atoms with E-state index in [-0.39, 0.29) is 0 Å². The molecule has 134 valence electrons. The zero-order chi connectivity index (χ0) is 18.2. The van der Waals surface area contributed by atoms with Crippen LogP contribution in [0.25, 0.3) is 0 Å². The maximum atomic E-state index is 4.66. The van der Waals surface area contributed by atoms with E-state index in [0.29, 0.717) is 12.0 Å². The molecule has 26 heavy (non-hydrogen) atoms. The summed E-state index contributed by atoms with van der Waals surface area (Å²) in [5.74, 6) is 1.40. The minimum atomic E-state index is 0.309. The van der Waals surface area contributed by atoms with E-state index in [4.69, 9.17) is 0 Å². The standard InChI is InChI=1S/C21H25N5/c1-17(2)26(16-19-11-7-4-8-12-19)20-15-23-25-21(24-20)22-14-13-18-9-5-3-6-10-18/h3-12,15,17H,13-14,16H2,1-2H3,(H,22,24,25). The molecule has 0 fully saturated rings. The highest BCUT2D eigenvalue weighted by Crippen LogP contribution is 2.17. The Balaban J connectivity index is 1.66. The van der Waals surface area contributed by atoms with Crippen LogP contribution < -0.4 is 10.2 Å². The third-order valence-corrected chi connectivity index (χ3v) is 4.20. The van der Waals surface area contributed by atoms with Gasteiger partial charge < -0.3 is 10.2 Å². The van der Waals surface area contributed by atoms with Crippen molar-refractivity contribution in [3.8, 4) is 0 Å². The van der Waals surface area contributed by atoms with Crippen LogP contribution in [0.2, 0.25) is 0 Å². The first-order valence-electron chi connectivity index (χ1n) is 9.00. The molecule has 2 aromatic carbocycles. The van der Waals surface area contributed by atoms with Crippen LogP contribution >= 0.6 is 0 Å². The number of benzene rings is 2. The summed E-state index contributed by atoms with van der Waals surface area (Å²) in [6.07, 6.45) is 2.65. The Bertz CT molecular complexity index is 790. The maximum absolute atomic E-state index is 4.66. The molecule has 3 rings (SSSR count). The highest BCUT2D eigenvalue weighted by molar-refractivity contribution is 5.42. The van der Waals surface area contributed by atoms with Crippen molar-refractivity contribution in [1.82, 2.24) is 15.2 Å². The van der Waals surface area contributed by atoms with Crippen molar-refractivity contribution in [3.05, 3.63) is 78.0 Å². The van der Waals surface area contributed by atoms with E-state index in [1.165, 1.54) is 11.1 Å². The van der Waals surface area contributed by atoms with Gasteiger partial charge in [-0.2, -0.15) is 10.1 Å². The monoisotopic (exact) mass is 347 g/mol. The first-order chi connectivity index (χ1) is 12.7. The molecule has 5 nitrogen and oxygen atoms in total. The molecular formula is C21H25N5. The lowest BCUT2D eigenvalue weighted by Crippen LogP contribution is -2.31. The van der Waals surface area contributed by atoms with Crippen LogP contribution in [0.1, 0.15) is 25.0 Å². The van der Waals surface area contributed by atoms with Gasteiger partial charge in [-0.25, -0.2) is 0 Å². The average Bonchev–Trinajstić information content (AvgIpc) is 2.68. The molecule has 0 saturated carbocycles. The molecule has 0 saturated heterocycles. The number of aromatic nitrogens is 3. The van der Waals surface area contributed by atoms with Gasteiger partial charge in [-0.05, 0) is 31.4 Å². The summed E-state index contributed by atoms with van der Waals surface area (Å²) in [5, 5.41) is 11.5. The summed E-state index contributed by atoms with van der Waals surface area (Å²) in [6.45, 7) is 5.89. The van der Waals surface area contributed by atoms with Crippen molar-refractivity contribution in [2.24, 2.45) is 0 Å². The summed E-state index contributed by atoms with van der Waals surface area (Å²) in [7, 11) is 0. The molecule has 3 aromatic rings. The van der Waals surface area contributed by atoms with Crippen LogP contribution in [-0.2, 0) is 13.0 Å². The van der Waals surface area contributed by atoms with E-state index in [0.717, 1.165) is 25.3 Å². The lowest BCUT2D eigenvalue weighted by molar-refractivity contribution is 0.667. The molecule has 0 bridgehead atoms. The number of nitrogens with one attached hydrogen (secondary N) is 1. The van der Waals surface area contributed by atoms with Gasteiger partial charge in [0.1, 0.15) is 0 Å². The van der Waals surface area contributed by atoms with Gasteiger partial charge in [-0.15, -0.1) is 5.10 Å². The van der Waals surface area contributed by atoms with E-state index in [9.17, 15) is 0 Å². The van der Waals surface area contributed by atoms with Crippen LogP contribution in [0.4, 0.5) is 11.8 Å². The van der Waals surface area contributed by atoms with Gasteiger partial charge in [-0.3, -0.25) is 0 Å². The fraction of sp³-hybridized carbons (Fsp3) is 0.286. The van der Waals surface area contributed by atoms with Gasteiger partial charge in [0.2, 0.25) is 5.95 Å². The molecular weight excluding hydrogens is 322 g/mol. The Labute approximate surface area is 155 Å². The number of nitrogens with zero attached hydrogens (tertiary/aromatic N) is 4. The second-order valence-corrected chi connectivity index (χ2v) is 6.51. The van der Waals surface area contributed by atoms with Gasteiger partial charge in [0.05, 0.1) is 6.20 Å². The Morgan fingerprint density at radius 3 is 2.23 bits per heavy atom. The van der Waals surface area contributed by atoms with Crippen molar-refractivity contribution in [2.45, 2.75) is 32.9 Å². The summed E-state index contributed by atoms with van der Waals surface area (Å²) >= 11 is 0. The predicted octanol–water partition coefficient (Wildman–Crippen LogP) is 3.94. The number of rotatable bonds is 8. The molecule has 0 amide bonds. The molecule has 1 N–H and O–H groups in total. The molecule has 0 aliphatic rings. The Morgan fingerprint density at radius 1 is 0.923 bits per heavy atom. The van der Waals surface area contributed by atoms with Crippen LogP contribution in [0.5, 0.6) is 0 Å². The number of anilines is 2. The Kier molecular flexibility index (Phi) is 6.14. The van der Waals surface area contributed by atoms with Crippen molar-refractivity contribution in [1.29, 1.82) is 0 Å². The molecule has 0 aliphatic heterocycles. The predicted molar refractivity (Wildman–Crippen MR) is 106 cm³/mol. The quantitative estimate of drug-likeness (QED) is 0.669. The third kappa shape index (κ3) is 5.02. The van der Waals surface area contributed by atoms with Crippen molar-refractivity contribution < 1.29 is 0 Å². The highest BCUT2D eigenvalue weighted by Gasteiger charge is 2.14. The van der Waals surface area contributed by atoms with Gasteiger partial charge >= 0.3 is 0 Å². The lowest BCUT2D eigenvalue weighted by Gasteiger charge is -2.27. The molecule has 0 atom stereocenters. The molecule has 0 spiro atoms. The minimum absolute atomic E-state index is 0.309. The van der Waals surface area contributed by atoms with Crippen molar-refractivity contribution in [3.63, 3.8) is 0 Å². The van der Waals surface area contributed by atoms with E-state index >= 15 is 0 Å². The van der Waals surface area contributed by atoms with Crippen molar-refractivity contribution >= 4 is 11.8 Å². The van der Waals surface area contributed by atoms with E-state index in [1.807, 2.05) is 12.1 Å². The maximum Gasteiger partial charge on any atom is 0.244 e. The summed E-state index contributed by atoms with van der Waals surface area (Å²) in [5.41, 5.74) is 2.54. The van der Waals surface area contributed by atoms with Crippen LogP contribution in [0.15, 0.2) is 66.9 Å². The second-order valence-electron chi connectivity index (χ2n) is 6.51. The fourth-order valence-electron chi connectivity index (χ4n) is 2.78. The Hall–Kier alpha value is -2.95. The molecule has 5 heteroatoms. The summed E-state index contributed by atoms with van der Waals surface area (Å²) < 4.78 is 0. The molecule has 0 radical (unpaired) electrons. The van der Waals surface area contributed by atoms with Gasteiger partial charge in [0.15, 0.2) is 5.82 Å². The van der Waals surface area contributed by atoms with Gasteiger partial charge in [0.25, 0.3) is 0 Å². The highest BCUT2D eigenvalue weighted by atomic mass is 15.3. The van der Waals surface area contributed by atoms with E-state index in [1.54, 1.807) is 6.20 Å². The SMILES string of the molecule is CC(C)N(Cc1ccccc1)c1cnnc(NCCc2ccccc2)n1. The number of hydrogen-bond acceptors (Lipinski definition) is 5. The smallest absolute Gasteiger partial charge is 0.244 e. The first kappa shape index (κ1) is 17.9. The van der Waals surface area contributed by atoms with Crippen LogP contribution in [-0.4, -0.2) is 27.8 Å².